The van der Waals surface area contributed by atoms with Crippen LogP contribution in [0.3, 0.4) is 0 Å². The van der Waals surface area contributed by atoms with E-state index in [0.717, 1.165) is 74.2 Å². The lowest BCUT2D eigenvalue weighted by Crippen LogP contribution is -2.23. The van der Waals surface area contributed by atoms with Gasteiger partial charge >= 0.3 is 0 Å². The predicted molar refractivity (Wildman–Crippen MR) is 122 cm³/mol. The molecule has 0 fully saturated rings. The molecule has 2 N–H and O–H groups in total. The second-order valence-electron chi connectivity index (χ2n) is 7.82. The van der Waals surface area contributed by atoms with Gasteiger partial charge in [-0.3, -0.25) is 0 Å². The van der Waals surface area contributed by atoms with E-state index in [9.17, 15) is 4.39 Å². The highest BCUT2D eigenvalue weighted by Crippen LogP contribution is 2.35. The van der Waals surface area contributed by atoms with Crippen LogP contribution < -0.4 is 14.8 Å². The second kappa shape index (κ2) is 10.7. The highest BCUT2D eigenvalue weighted by molar-refractivity contribution is 5.85. The van der Waals surface area contributed by atoms with Crippen LogP contribution in [0.15, 0.2) is 42.6 Å². The van der Waals surface area contributed by atoms with E-state index in [-0.39, 0.29) is 18.2 Å². The molecule has 162 valence electrons. The van der Waals surface area contributed by atoms with Gasteiger partial charge in [0.25, 0.3) is 0 Å². The molecular weight excluding hydrogens is 403 g/mol. The number of fused-ring (bicyclic) bond motifs is 2. The van der Waals surface area contributed by atoms with E-state index in [1.165, 1.54) is 17.2 Å². The lowest BCUT2D eigenvalue weighted by molar-refractivity contribution is 0.208. The number of hydrogen-bond acceptors (Lipinski definition) is 3. The Balaban J connectivity index is 0.00000256. The molecule has 6 heteroatoms. The average Bonchev–Trinajstić information content (AvgIpc) is 3.14. The van der Waals surface area contributed by atoms with Crippen molar-refractivity contribution in [1.82, 2.24) is 10.3 Å². The Morgan fingerprint density at radius 2 is 2.07 bits per heavy atom. The summed E-state index contributed by atoms with van der Waals surface area (Å²) in [5.41, 5.74) is 3.39. The van der Waals surface area contributed by atoms with Gasteiger partial charge in [-0.1, -0.05) is 6.07 Å². The molecule has 4 rings (SSSR count). The summed E-state index contributed by atoms with van der Waals surface area (Å²) in [6.07, 6.45) is 7.29. The summed E-state index contributed by atoms with van der Waals surface area (Å²) in [6, 6.07) is 10.9. The van der Waals surface area contributed by atoms with E-state index in [4.69, 9.17) is 9.47 Å². The highest BCUT2D eigenvalue weighted by Gasteiger charge is 2.22. The maximum absolute atomic E-state index is 13.5. The van der Waals surface area contributed by atoms with Crippen LogP contribution in [0.1, 0.15) is 30.4 Å². The van der Waals surface area contributed by atoms with Crippen LogP contribution in [0.2, 0.25) is 0 Å². The second-order valence-corrected chi connectivity index (χ2v) is 7.82. The molecule has 1 aliphatic heterocycles. The van der Waals surface area contributed by atoms with Crippen molar-refractivity contribution in [3.63, 3.8) is 0 Å². The quantitative estimate of drug-likeness (QED) is 0.451. The number of aryl methyl sites for hydroxylation is 1. The lowest BCUT2D eigenvalue weighted by Gasteiger charge is -2.26. The Morgan fingerprint density at radius 3 is 2.93 bits per heavy atom. The molecule has 2 aromatic carbocycles. The number of nitrogens with one attached hydrogen (secondary N) is 2. The molecule has 1 aromatic heterocycles. The molecule has 0 spiro atoms. The van der Waals surface area contributed by atoms with E-state index >= 15 is 0 Å². The third-order valence-corrected chi connectivity index (χ3v) is 5.77. The van der Waals surface area contributed by atoms with Crippen LogP contribution in [0, 0.1) is 11.7 Å². The first kappa shape index (κ1) is 22.4. The van der Waals surface area contributed by atoms with Gasteiger partial charge in [0.05, 0.1) is 13.7 Å². The van der Waals surface area contributed by atoms with Crippen LogP contribution >= 0.6 is 12.4 Å². The van der Waals surface area contributed by atoms with Gasteiger partial charge in [0.2, 0.25) is 0 Å². The van der Waals surface area contributed by atoms with Gasteiger partial charge in [0.15, 0.2) is 0 Å². The monoisotopic (exact) mass is 432 g/mol. The van der Waals surface area contributed by atoms with Gasteiger partial charge in [-0.25, -0.2) is 4.39 Å². The molecular formula is C24H30ClFN2O2. The van der Waals surface area contributed by atoms with E-state index in [1.807, 2.05) is 24.4 Å². The van der Waals surface area contributed by atoms with Gasteiger partial charge in [0, 0.05) is 22.7 Å². The summed E-state index contributed by atoms with van der Waals surface area (Å²) in [7, 11) is 1.72. The van der Waals surface area contributed by atoms with E-state index in [2.05, 4.69) is 10.3 Å². The van der Waals surface area contributed by atoms with E-state index in [1.54, 1.807) is 19.2 Å². The van der Waals surface area contributed by atoms with Gasteiger partial charge < -0.3 is 19.8 Å². The smallest absolute Gasteiger partial charge is 0.126 e. The first-order chi connectivity index (χ1) is 14.2. The number of aromatic nitrogens is 1. The number of rotatable bonds is 9. The maximum atomic E-state index is 13.5. The minimum atomic E-state index is -0.177. The lowest BCUT2D eigenvalue weighted by atomic mass is 9.92. The highest BCUT2D eigenvalue weighted by atomic mass is 35.5. The molecule has 1 atom stereocenters. The van der Waals surface area contributed by atoms with Gasteiger partial charge in [-0.15, -0.1) is 12.4 Å². The van der Waals surface area contributed by atoms with Crippen molar-refractivity contribution in [2.45, 2.75) is 32.1 Å². The number of aromatic amines is 1. The maximum Gasteiger partial charge on any atom is 0.126 e. The number of methoxy groups -OCH3 is 1. The van der Waals surface area contributed by atoms with Crippen molar-refractivity contribution in [1.29, 1.82) is 0 Å². The predicted octanol–water partition coefficient (Wildman–Crippen LogP) is 5.29. The zero-order chi connectivity index (χ0) is 20.1. The molecule has 0 aliphatic carbocycles. The molecule has 0 radical (unpaired) electrons. The molecule has 4 nitrogen and oxygen atoms in total. The summed E-state index contributed by atoms with van der Waals surface area (Å²) in [4.78, 5) is 3.22. The minimum absolute atomic E-state index is 0. The van der Waals surface area contributed by atoms with Crippen LogP contribution in [0.4, 0.5) is 4.39 Å². The summed E-state index contributed by atoms with van der Waals surface area (Å²) < 4.78 is 24.9. The van der Waals surface area contributed by atoms with Gasteiger partial charge in [-0.05, 0) is 87.0 Å². The Bertz CT molecular complexity index is 945. The summed E-state index contributed by atoms with van der Waals surface area (Å²) in [5.74, 6) is 2.27. The summed E-state index contributed by atoms with van der Waals surface area (Å²) in [5, 5.41) is 4.54. The number of halogens is 2. The fourth-order valence-corrected chi connectivity index (χ4v) is 4.22. The van der Waals surface area contributed by atoms with E-state index < -0.39 is 0 Å². The fourth-order valence-electron chi connectivity index (χ4n) is 4.22. The molecule has 2 heterocycles. The average molecular weight is 433 g/mol. The SMILES string of the molecule is COc1cccc2c1C[C@@H](CCCNCCCc1c[nH]c3ccc(F)cc13)CO2.Cl. The van der Waals surface area contributed by atoms with Crippen molar-refractivity contribution in [2.75, 3.05) is 26.8 Å². The van der Waals surface area contributed by atoms with Crippen LogP contribution in [-0.4, -0.2) is 31.8 Å². The van der Waals surface area contributed by atoms with Crippen LogP contribution in [-0.2, 0) is 12.8 Å². The third kappa shape index (κ3) is 5.27. The number of ether oxygens (including phenoxy) is 2. The largest absolute Gasteiger partial charge is 0.496 e. The Hall–Kier alpha value is -2.24. The van der Waals surface area contributed by atoms with Gasteiger partial charge in [0.1, 0.15) is 17.3 Å². The Labute approximate surface area is 183 Å². The number of benzene rings is 2. The molecule has 0 bridgehead atoms. The topological polar surface area (TPSA) is 46.3 Å². The van der Waals surface area contributed by atoms with E-state index in [0.29, 0.717) is 5.92 Å². The van der Waals surface area contributed by atoms with Crippen molar-refractivity contribution >= 4 is 23.3 Å². The zero-order valence-corrected chi connectivity index (χ0v) is 18.2. The van der Waals surface area contributed by atoms with Crippen molar-refractivity contribution in [2.24, 2.45) is 5.92 Å². The molecule has 3 aromatic rings. The molecule has 1 aliphatic rings. The first-order valence-electron chi connectivity index (χ1n) is 10.5. The Kier molecular flexibility index (Phi) is 8.00. The van der Waals surface area contributed by atoms with Gasteiger partial charge in [-0.2, -0.15) is 0 Å². The van der Waals surface area contributed by atoms with Crippen molar-refractivity contribution in [3.8, 4) is 11.5 Å². The number of hydrogen-bond donors (Lipinski definition) is 2. The van der Waals surface area contributed by atoms with Crippen molar-refractivity contribution < 1.29 is 13.9 Å². The summed E-state index contributed by atoms with van der Waals surface area (Å²) >= 11 is 0. The molecule has 30 heavy (non-hydrogen) atoms. The molecule has 0 saturated heterocycles. The first-order valence-corrected chi connectivity index (χ1v) is 10.5. The fraction of sp³-hybridized carbons (Fsp3) is 0.417. The number of H-pyrrole nitrogens is 1. The van der Waals surface area contributed by atoms with Crippen LogP contribution in [0.25, 0.3) is 10.9 Å². The molecule has 0 unspecified atom stereocenters. The standard InChI is InChI=1S/C24H29FN2O2.ClH/c1-28-23-7-2-8-24-21(23)13-17(16-29-24)5-3-11-26-12-4-6-18-15-27-22-10-9-19(25)14-20(18)22;/h2,7-10,14-15,17,26-27H,3-6,11-13,16H2,1H3;1H/t17-;/m1./s1. The van der Waals surface area contributed by atoms with Crippen LogP contribution in [0.5, 0.6) is 11.5 Å². The molecule has 0 amide bonds. The summed E-state index contributed by atoms with van der Waals surface area (Å²) in [6.45, 7) is 2.77. The normalized spacial score (nSPS) is 15.3. The minimum Gasteiger partial charge on any atom is -0.496 e. The zero-order valence-electron chi connectivity index (χ0n) is 17.4. The molecule has 0 saturated carbocycles. The van der Waals surface area contributed by atoms with Crippen molar-refractivity contribution in [3.05, 3.63) is 59.5 Å². The Morgan fingerprint density at radius 1 is 1.20 bits per heavy atom. The third-order valence-electron chi connectivity index (χ3n) is 5.77.